The molecule has 0 aliphatic carbocycles. The third-order valence-corrected chi connectivity index (χ3v) is 3.94. The van der Waals surface area contributed by atoms with Crippen LogP contribution in [0, 0.1) is 11.8 Å². The van der Waals surface area contributed by atoms with Crippen LogP contribution in [0.2, 0.25) is 0 Å². The van der Waals surface area contributed by atoms with Crippen LogP contribution in [0.15, 0.2) is 0 Å². The SMILES string of the molecule is CNCC1CCCN(C(=O)C2CCC(=O)NC2)C1. The quantitative estimate of drug-likeness (QED) is 0.742. The molecule has 2 unspecified atom stereocenters. The van der Waals surface area contributed by atoms with Crippen molar-refractivity contribution < 1.29 is 9.59 Å². The molecule has 0 aromatic carbocycles. The highest BCUT2D eigenvalue weighted by Gasteiger charge is 2.30. The van der Waals surface area contributed by atoms with E-state index in [9.17, 15) is 9.59 Å². The van der Waals surface area contributed by atoms with Crippen molar-refractivity contribution in [3.8, 4) is 0 Å². The zero-order chi connectivity index (χ0) is 13.0. The Bertz CT molecular complexity index is 307. The van der Waals surface area contributed by atoms with E-state index in [0.29, 0.717) is 25.3 Å². The summed E-state index contributed by atoms with van der Waals surface area (Å²) in [6.45, 7) is 3.24. The predicted molar refractivity (Wildman–Crippen MR) is 69.0 cm³/mol. The summed E-state index contributed by atoms with van der Waals surface area (Å²) in [6.07, 6.45) is 3.49. The van der Waals surface area contributed by atoms with Crippen LogP contribution in [0.1, 0.15) is 25.7 Å². The smallest absolute Gasteiger partial charge is 0.227 e. The monoisotopic (exact) mass is 253 g/mol. The lowest BCUT2D eigenvalue weighted by Gasteiger charge is -2.35. The van der Waals surface area contributed by atoms with Crippen LogP contribution >= 0.6 is 0 Å². The Morgan fingerprint density at radius 2 is 2.33 bits per heavy atom. The summed E-state index contributed by atoms with van der Waals surface area (Å²) in [5.41, 5.74) is 0. The molecular weight excluding hydrogens is 230 g/mol. The van der Waals surface area contributed by atoms with E-state index in [1.807, 2.05) is 11.9 Å². The van der Waals surface area contributed by atoms with Gasteiger partial charge in [0.05, 0.1) is 5.92 Å². The van der Waals surface area contributed by atoms with Gasteiger partial charge in [-0.15, -0.1) is 0 Å². The summed E-state index contributed by atoms with van der Waals surface area (Å²) in [6, 6.07) is 0. The molecule has 0 spiro atoms. The van der Waals surface area contributed by atoms with E-state index in [4.69, 9.17) is 0 Å². The minimum atomic E-state index is -0.00367. The molecule has 5 nitrogen and oxygen atoms in total. The number of nitrogens with one attached hydrogen (secondary N) is 2. The van der Waals surface area contributed by atoms with Crippen molar-refractivity contribution in [1.29, 1.82) is 0 Å². The van der Waals surface area contributed by atoms with Gasteiger partial charge < -0.3 is 15.5 Å². The Labute approximate surface area is 108 Å². The fourth-order valence-corrected chi connectivity index (χ4v) is 2.92. The molecule has 2 aliphatic rings. The summed E-state index contributed by atoms with van der Waals surface area (Å²) in [5, 5.41) is 5.98. The van der Waals surface area contributed by atoms with Gasteiger partial charge in [0, 0.05) is 26.1 Å². The van der Waals surface area contributed by atoms with Crippen molar-refractivity contribution in [1.82, 2.24) is 15.5 Å². The highest BCUT2D eigenvalue weighted by atomic mass is 16.2. The average Bonchev–Trinajstić information content (AvgIpc) is 2.39. The number of rotatable bonds is 3. The van der Waals surface area contributed by atoms with Crippen LogP contribution in [0.3, 0.4) is 0 Å². The van der Waals surface area contributed by atoms with Crippen LogP contribution in [0.25, 0.3) is 0 Å². The fourth-order valence-electron chi connectivity index (χ4n) is 2.92. The molecule has 2 rings (SSSR count). The maximum Gasteiger partial charge on any atom is 0.227 e. The van der Waals surface area contributed by atoms with Crippen molar-refractivity contribution in [3.05, 3.63) is 0 Å². The summed E-state index contributed by atoms with van der Waals surface area (Å²) < 4.78 is 0. The second kappa shape index (κ2) is 6.18. The van der Waals surface area contributed by atoms with Gasteiger partial charge in [-0.05, 0) is 38.8 Å². The molecule has 2 fully saturated rings. The Kier molecular flexibility index (Phi) is 4.58. The molecule has 5 heteroatoms. The lowest BCUT2D eigenvalue weighted by molar-refractivity contribution is -0.139. The van der Waals surface area contributed by atoms with E-state index in [0.717, 1.165) is 26.1 Å². The molecule has 2 aliphatic heterocycles. The third-order valence-electron chi connectivity index (χ3n) is 3.94. The summed E-state index contributed by atoms with van der Waals surface area (Å²) in [4.78, 5) is 25.5. The van der Waals surface area contributed by atoms with E-state index in [1.54, 1.807) is 0 Å². The number of nitrogens with zero attached hydrogens (tertiary/aromatic N) is 1. The predicted octanol–water partition coefficient (Wildman–Crippen LogP) is -0.0294. The lowest BCUT2D eigenvalue weighted by Crippen LogP contribution is -2.49. The Hall–Kier alpha value is -1.10. The Balaban J connectivity index is 1.86. The van der Waals surface area contributed by atoms with Gasteiger partial charge in [0.15, 0.2) is 0 Å². The van der Waals surface area contributed by atoms with Crippen molar-refractivity contribution in [2.24, 2.45) is 11.8 Å². The normalized spacial score (nSPS) is 28.9. The highest BCUT2D eigenvalue weighted by Crippen LogP contribution is 2.20. The lowest BCUT2D eigenvalue weighted by atomic mass is 9.93. The number of carbonyl (C=O) groups excluding carboxylic acids is 2. The van der Waals surface area contributed by atoms with Gasteiger partial charge in [0.25, 0.3) is 0 Å². The topological polar surface area (TPSA) is 61.4 Å². The first-order chi connectivity index (χ1) is 8.70. The van der Waals surface area contributed by atoms with Gasteiger partial charge in [-0.2, -0.15) is 0 Å². The molecule has 0 radical (unpaired) electrons. The maximum atomic E-state index is 12.4. The average molecular weight is 253 g/mol. The molecule has 0 aromatic rings. The highest BCUT2D eigenvalue weighted by molar-refractivity contribution is 5.83. The summed E-state index contributed by atoms with van der Waals surface area (Å²) >= 11 is 0. The second-order valence-corrected chi connectivity index (χ2v) is 5.39. The number of amides is 2. The van der Waals surface area contributed by atoms with Crippen molar-refractivity contribution in [2.75, 3.05) is 33.2 Å². The Morgan fingerprint density at radius 1 is 1.50 bits per heavy atom. The molecule has 0 saturated carbocycles. The van der Waals surface area contributed by atoms with Crippen molar-refractivity contribution >= 4 is 11.8 Å². The van der Waals surface area contributed by atoms with Gasteiger partial charge in [0.2, 0.25) is 11.8 Å². The molecule has 0 bridgehead atoms. The minimum absolute atomic E-state index is 0.00367. The molecule has 102 valence electrons. The van der Waals surface area contributed by atoms with Crippen LogP contribution in [0.4, 0.5) is 0 Å². The molecule has 2 N–H and O–H groups in total. The fraction of sp³-hybridized carbons (Fsp3) is 0.846. The molecule has 0 aromatic heterocycles. The van der Waals surface area contributed by atoms with E-state index < -0.39 is 0 Å². The van der Waals surface area contributed by atoms with E-state index in [2.05, 4.69) is 10.6 Å². The van der Waals surface area contributed by atoms with Crippen LogP contribution in [-0.4, -0.2) is 49.9 Å². The number of hydrogen-bond acceptors (Lipinski definition) is 3. The van der Waals surface area contributed by atoms with E-state index >= 15 is 0 Å². The maximum absolute atomic E-state index is 12.4. The zero-order valence-corrected chi connectivity index (χ0v) is 11.1. The van der Waals surface area contributed by atoms with Gasteiger partial charge in [-0.3, -0.25) is 9.59 Å². The van der Waals surface area contributed by atoms with Gasteiger partial charge in [-0.1, -0.05) is 0 Å². The first-order valence-electron chi connectivity index (χ1n) is 6.90. The molecule has 2 saturated heterocycles. The number of piperidine rings is 2. The van der Waals surface area contributed by atoms with Crippen LogP contribution < -0.4 is 10.6 Å². The van der Waals surface area contributed by atoms with Crippen LogP contribution in [-0.2, 0) is 9.59 Å². The molecule has 2 heterocycles. The molecular formula is C13H23N3O2. The number of carbonyl (C=O) groups is 2. The molecule has 2 atom stereocenters. The summed E-state index contributed by atoms with van der Waals surface area (Å²) in [7, 11) is 1.96. The molecule has 2 amide bonds. The largest absolute Gasteiger partial charge is 0.355 e. The summed E-state index contributed by atoms with van der Waals surface area (Å²) in [5.74, 6) is 0.878. The van der Waals surface area contributed by atoms with Crippen molar-refractivity contribution in [3.63, 3.8) is 0 Å². The number of hydrogen-bond donors (Lipinski definition) is 2. The zero-order valence-electron chi connectivity index (χ0n) is 11.1. The van der Waals surface area contributed by atoms with Crippen molar-refractivity contribution in [2.45, 2.75) is 25.7 Å². The second-order valence-electron chi connectivity index (χ2n) is 5.39. The van der Waals surface area contributed by atoms with E-state index in [-0.39, 0.29) is 17.7 Å². The first-order valence-corrected chi connectivity index (χ1v) is 6.90. The standard InChI is InChI=1S/C13H23N3O2/c1-14-7-10-3-2-6-16(9-10)13(18)11-4-5-12(17)15-8-11/h10-11,14H,2-9H2,1H3,(H,15,17). The third kappa shape index (κ3) is 3.22. The Morgan fingerprint density at radius 3 is 3.00 bits per heavy atom. The number of likely N-dealkylation sites (tertiary alicyclic amines) is 1. The van der Waals surface area contributed by atoms with E-state index in [1.165, 1.54) is 6.42 Å². The van der Waals surface area contributed by atoms with Gasteiger partial charge in [0.1, 0.15) is 0 Å². The minimum Gasteiger partial charge on any atom is -0.355 e. The molecule has 18 heavy (non-hydrogen) atoms. The van der Waals surface area contributed by atoms with Crippen LogP contribution in [0.5, 0.6) is 0 Å². The first kappa shape index (κ1) is 13.3. The van der Waals surface area contributed by atoms with Gasteiger partial charge in [-0.25, -0.2) is 0 Å². The van der Waals surface area contributed by atoms with Gasteiger partial charge >= 0.3 is 0 Å².